The molecule has 11 heteroatoms. The number of hydrogen-bond donors (Lipinski definition) is 2. The Morgan fingerprint density at radius 1 is 1.32 bits per heavy atom. The van der Waals surface area contributed by atoms with E-state index in [9.17, 15) is 18.0 Å². The highest BCUT2D eigenvalue weighted by Gasteiger charge is 2.59. The highest BCUT2D eigenvalue weighted by molar-refractivity contribution is 7.88. The van der Waals surface area contributed by atoms with E-state index in [4.69, 9.17) is 4.52 Å². The molecule has 1 saturated heterocycles. The van der Waals surface area contributed by atoms with Crippen LogP contribution < -0.4 is 10.6 Å². The van der Waals surface area contributed by atoms with Gasteiger partial charge in [-0.25, -0.2) is 12.7 Å². The van der Waals surface area contributed by atoms with Crippen LogP contribution in [0.2, 0.25) is 0 Å². The average molecular weight is 448 g/mol. The van der Waals surface area contributed by atoms with E-state index in [0.717, 1.165) is 0 Å². The van der Waals surface area contributed by atoms with E-state index in [1.807, 2.05) is 0 Å². The van der Waals surface area contributed by atoms with Crippen molar-refractivity contribution in [3.63, 3.8) is 0 Å². The van der Waals surface area contributed by atoms with Crippen molar-refractivity contribution in [3.05, 3.63) is 41.5 Å². The molecule has 0 bridgehead atoms. The highest BCUT2D eigenvalue weighted by Crippen LogP contribution is 2.50. The molecule has 3 unspecified atom stereocenters. The summed E-state index contributed by atoms with van der Waals surface area (Å²) in [4.78, 5) is 28.5. The molecule has 2 heterocycles. The summed E-state index contributed by atoms with van der Waals surface area (Å²) in [5.74, 6) is 0.397. The summed E-state index contributed by atoms with van der Waals surface area (Å²) in [6.45, 7) is 3.73. The fourth-order valence-electron chi connectivity index (χ4n) is 4.73. The van der Waals surface area contributed by atoms with Gasteiger partial charge in [0.1, 0.15) is 0 Å². The molecule has 2 fully saturated rings. The Balaban J connectivity index is 1.54. The number of nitrogens with one attached hydrogen (secondary N) is 2. The molecule has 166 valence electrons. The van der Waals surface area contributed by atoms with Crippen molar-refractivity contribution < 1.29 is 22.5 Å². The van der Waals surface area contributed by atoms with Crippen LogP contribution in [0.1, 0.15) is 41.8 Å². The van der Waals surface area contributed by atoms with Crippen LogP contribution in [0, 0.1) is 12.8 Å². The van der Waals surface area contributed by atoms with E-state index in [-0.39, 0.29) is 30.3 Å². The largest absolute Gasteiger partial charge is 0.349 e. The third-order valence-electron chi connectivity index (χ3n) is 6.05. The molecule has 2 N–H and O–H groups in total. The maximum atomic E-state index is 12.8. The van der Waals surface area contributed by atoms with E-state index in [0.29, 0.717) is 42.4 Å². The first-order valence-electron chi connectivity index (χ1n) is 10.0. The van der Waals surface area contributed by atoms with Gasteiger partial charge < -0.3 is 15.2 Å². The van der Waals surface area contributed by atoms with Crippen molar-refractivity contribution in [2.75, 3.05) is 24.7 Å². The standard InChI is InChI=1S/C20H25N5O5S/c1-12-21-19(30-24-12)20-9-17(8-15(20)10-25(11-20)31(3,28)29)23-18(27)14-5-4-6-16(7-14)22-13(2)26/h4-7,15,17H,8-11H2,1-3H3,(H,22,26)(H,23,27). The predicted octanol–water partition coefficient (Wildman–Crippen LogP) is 1.06. The van der Waals surface area contributed by atoms with E-state index >= 15 is 0 Å². The Morgan fingerprint density at radius 2 is 2.10 bits per heavy atom. The van der Waals surface area contributed by atoms with Crippen molar-refractivity contribution in [1.82, 2.24) is 19.8 Å². The van der Waals surface area contributed by atoms with E-state index < -0.39 is 15.4 Å². The van der Waals surface area contributed by atoms with E-state index in [1.54, 1.807) is 31.2 Å². The van der Waals surface area contributed by atoms with Gasteiger partial charge in [0.2, 0.25) is 21.8 Å². The van der Waals surface area contributed by atoms with Gasteiger partial charge >= 0.3 is 0 Å². The second-order valence-corrected chi connectivity index (χ2v) is 10.4. The molecule has 1 aromatic carbocycles. The van der Waals surface area contributed by atoms with E-state index in [1.165, 1.54) is 17.5 Å². The molecule has 1 saturated carbocycles. The molecule has 1 aliphatic heterocycles. The summed E-state index contributed by atoms with van der Waals surface area (Å²) in [6.07, 6.45) is 2.30. The molecule has 0 spiro atoms. The van der Waals surface area contributed by atoms with Gasteiger partial charge in [-0.15, -0.1) is 0 Å². The lowest BCUT2D eigenvalue weighted by Crippen LogP contribution is -2.39. The number of fused-ring (bicyclic) bond motifs is 1. The summed E-state index contributed by atoms with van der Waals surface area (Å²) in [5.41, 5.74) is 0.356. The summed E-state index contributed by atoms with van der Waals surface area (Å²) in [5, 5.41) is 9.61. The molecule has 10 nitrogen and oxygen atoms in total. The molecule has 3 atom stereocenters. The highest BCUT2D eigenvalue weighted by atomic mass is 32.2. The Kier molecular flexibility index (Phi) is 5.34. The van der Waals surface area contributed by atoms with Gasteiger partial charge in [0.05, 0.1) is 11.7 Å². The number of carbonyl (C=O) groups excluding carboxylic acids is 2. The van der Waals surface area contributed by atoms with Crippen LogP contribution in [0.4, 0.5) is 5.69 Å². The van der Waals surface area contributed by atoms with Gasteiger partial charge in [-0.05, 0) is 43.9 Å². The lowest BCUT2D eigenvalue weighted by atomic mass is 9.80. The Hall–Kier alpha value is -2.79. The number of nitrogens with zero attached hydrogens (tertiary/aromatic N) is 3. The van der Waals surface area contributed by atoms with Crippen LogP contribution in [0.15, 0.2) is 28.8 Å². The van der Waals surface area contributed by atoms with Crippen molar-refractivity contribution >= 4 is 27.5 Å². The van der Waals surface area contributed by atoms with Gasteiger partial charge in [0, 0.05) is 37.3 Å². The van der Waals surface area contributed by atoms with Crippen LogP contribution in [0.3, 0.4) is 0 Å². The first-order chi connectivity index (χ1) is 14.6. The molecule has 1 aromatic heterocycles. The number of aromatic nitrogens is 2. The van der Waals surface area contributed by atoms with Crippen LogP contribution in [0.5, 0.6) is 0 Å². The SMILES string of the molecule is CC(=O)Nc1cccc(C(=O)NC2CC3CN(S(C)(=O)=O)CC3(c3nc(C)no3)C2)c1. The van der Waals surface area contributed by atoms with Crippen LogP contribution in [0.25, 0.3) is 0 Å². The van der Waals surface area contributed by atoms with Crippen molar-refractivity contribution in [2.45, 2.75) is 38.1 Å². The first kappa shape index (κ1) is 21.4. The van der Waals surface area contributed by atoms with Gasteiger partial charge in [0.25, 0.3) is 5.91 Å². The normalized spacial score (nSPS) is 25.9. The van der Waals surface area contributed by atoms with Crippen molar-refractivity contribution in [1.29, 1.82) is 0 Å². The van der Waals surface area contributed by atoms with E-state index in [2.05, 4.69) is 20.8 Å². The molecular formula is C20H25N5O5S. The quantitative estimate of drug-likeness (QED) is 0.700. The van der Waals surface area contributed by atoms with Crippen molar-refractivity contribution in [2.24, 2.45) is 5.92 Å². The number of rotatable bonds is 5. The maximum absolute atomic E-state index is 12.8. The number of sulfonamides is 1. The zero-order valence-electron chi connectivity index (χ0n) is 17.6. The molecule has 2 amide bonds. The van der Waals surface area contributed by atoms with Gasteiger partial charge in [-0.1, -0.05) is 11.2 Å². The van der Waals surface area contributed by atoms with Crippen molar-refractivity contribution in [3.8, 4) is 0 Å². The number of benzene rings is 1. The monoisotopic (exact) mass is 447 g/mol. The molecule has 31 heavy (non-hydrogen) atoms. The topological polar surface area (TPSA) is 134 Å². The zero-order valence-corrected chi connectivity index (χ0v) is 18.4. The molecule has 0 radical (unpaired) electrons. The molecule has 1 aliphatic carbocycles. The van der Waals surface area contributed by atoms with Gasteiger partial charge in [-0.3, -0.25) is 9.59 Å². The van der Waals surface area contributed by atoms with Crippen LogP contribution >= 0.6 is 0 Å². The van der Waals surface area contributed by atoms with Crippen LogP contribution in [-0.4, -0.2) is 60.1 Å². The summed E-state index contributed by atoms with van der Waals surface area (Å²) < 4.78 is 31.2. The van der Waals surface area contributed by atoms with Gasteiger partial charge in [-0.2, -0.15) is 4.98 Å². The molecular weight excluding hydrogens is 422 g/mol. The molecule has 4 rings (SSSR count). The number of carbonyl (C=O) groups is 2. The second-order valence-electron chi connectivity index (χ2n) is 8.43. The minimum atomic E-state index is -3.36. The summed E-state index contributed by atoms with van der Waals surface area (Å²) in [6, 6.07) is 6.55. The van der Waals surface area contributed by atoms with Gasteiger partial charge in [0.15, 0.2) is 5.82 Å². The number of anilines is 1. The zero-order chi connectivity index (χ0) is 22.4. The van der Waals surface area contributed by atoms with Crippen LogP contribution in [-0.2, 0) is 20.2 Å². The molecule has 2 aliphatic rings. The smallest absolute Gasteiger partial charge is 0.251 e. The lowest BCUT2D eigenvalue weighted by molar-refractivity contribution is -0.114. The maximum Gasteiger partial charge on any atom is 0.251 e. The lowest BCUT2D eigenvalue weighted by Gasteiger charge is -2.24. The number of amides is 2. The second kappa shape index (κ2) is 7.72. The summed E-state index contributed by atoms with van der Waals surface area (Å²) >= 11 is 0. The third kappa shape index (κ3) is 4.19. The molecule has 2 aromatic rings. The number of aryl methyl sites for hydroxylation is 1. The summed E-state index contributed by atoms with van der Waals surface area (Å²) in [7, 11) is -3.36. The fourth-order valence-corrected chi connectivity index (χ4v) is 5.64. The predicted molar refractivity (Wildman–Crippen MR) is 112 cm³/mol. The minimum Gasteiger partial charge on any atom is -0.349 e. The third-order valence-corrected chi connectivity index (χ3v) is 7.26. The minimum absolute atomic E-state index is 0.0434. The Morgan fingerprint density at radius 3 is 2.74 bits per heavy atom. The fraction of sp³-hybridized carbons (Fsp3) is 0.500. The Labute approximate surface area is 180 Å². The first-order valence-corrected chi connectivity index (χ1v) is 11.9. The average Bonchev–Trinajstić information content (AvgIpc) is 3.33. The number of hydrogen-bond acceptors (Lipinski definition) is 7. The Bertz CT molecular complexity index is 1130.